The molecule has 1 saturated carbocycles. The summed E-state index contributed by atoms with van der Waals surface area (Å²) in [6.45, 7) is 0.736. The van der Waals surface area contributed by atoms with E-state index in [0.717, 1.165) is 37.2 Å². The van der Waals surface area contributed by atoms with Gasteiger partial charge >= 0.3 is 0 Å². The molecule has 1 fully saturated rings. The van der Waals surface area contributed by atoms with Gasteiger partial charge in [0.15, 0.2) is 0 Å². The number of carbonyl (C=O) groups is 1. The van der Waals surface area contributed by atoms with E-state index in [0.29, 0.717) is 0 Å². The van der Waals surface area contributed by atoms with Crippen molar-refractivity contribution in [3.05, 3.63) is 23.8 Å². The summed E-state index contributed by atoms with van der Waals surface area (Å²) in [5.41, 5.74) is 7.55. The molecule has 90 valence electrons. The highest BCUT2D eigenvalue weighted by Gasteiger charge is 2.49. The summed E-state index contributed by atoms with van der Waals surface area (Å²) in [7, 11) is 1.65. The molecule has 1 heterocycles. The Morgan fingerprint density at radius 1 is 1.47 bits per heavy atom. The van der Waals surface area contributed by atoms with E-state index in [9.17, 15) is 4.79 Å². The van der Waals surface area contributed by atoms with E-state index >= 15 is 0 Å². The zero-order chi connectivity index (χ0) is 12.0. The van der Waals surface area contributed by atoms with Crippen LogP contribution in [0.1, 0.15) is 18.4 Å². The highest BCUT2D eigenvalue weighted by Crippen LogP contribution is 2.39. The van der Waals surface area contributed by atoms with E-state index in [1.807, 2.05) is 23.1 Å². The molecule has 2 N–H and O–H groups in total. The fourth-order valence-electron chi connectivity index (χ4n) is 2.33. The molecule has 1 aromatic carbocycles. The lowest BCUT2D eigenvalue weighted by molar-refractivity contribution is -0.120. The van der Waals surface area contributed by atoms with Gasteiger partial charge in [0.25, 0.3) is 0 Å². The maximum Gasteiger partial charge on any atom is 0.247 e. The number of carbonyl (C=O) groups excluding carboxylic acids is 1. The zero-order valence-electron chi connectivity index (χ0n) is 9.90. The number of anilines is 1. The van der Waals surface area contributed by atoms with Gasteiger partial charge in [-0.1, -0.05) is 0 Å². The normalized spacial score (nSPS) is 20.0. The van der Waals surface area contributed by atoms with E-state index in [-0.39, 0.29) is 5.91 Å². The second-order valence-corrected chi connectivity index (χ2v) is 4.86. The first kappa shape index (κ1) is 10.6. The maximum absolute atomic E-state index is 12.2. The third kappa shape index (κ3) is 1.60. The Labute approximate surface area is 100 Å². The van der Waals surface area contributed by atoms with E-state index in [1.54, 1.807) is 7.11 Å². The van der Waals surface area contributed by atoms with Crippen LogP contribution in [-0.2, 0) is 11.2 Å². The molecule has 2 aliphatic rings. The van der Waals surface area contributed by atoms with Gasteiger partial charge in [-0.3, -0.25) is 4.79 Å². The Bertz CT molecular complexity index is 480. The summed E-state index contributed by atoms with van der Waals surface area (Å²) >= 11 is 0. The molecule has 0 atom stereocenters. The Morgan fingerprint density at radius 3 is 2.88 bits per heavy atom. The number of hydrogen-bond donors (Lipinski definition) is 1. The average molecular weight is 232 g/mol. The average Bonchev–Trinajstić information content (AvgIpc) is 2.96. The predicted octanol–water partition coefficient (Wildman–Crippen LogP) is 1.08. The first-order valence-electron chi connectivity index (χ1n) is 5.92. The van der Waals surface area contributed by atoms with Gasteiger partial charge in [-0.2, -0.15) is 0 Å². The van der Waals surface area contributed by atoms with Gasteiger partial charge in [-0.05, 0) is 43.0 Å². The van der Waals surface area contributed by atoms with Crippen molar-refractivity contribution in [3.8, 4) is 5.75 Å². The van der Waals surface area contributed by atoms with Crippen LogP contribution in [0.15, 0.2) is 18.2 Å². The molecule has 1 aliphatic heterocycles. The summed E-state index contributed by atoms with van der Waals surface area (Å²) in [5, 5.41) is 0. The van der Waals surface area contributed by atoms with Crippen molar-refractivity contribution in [3.63, 3.8) is 0 Å². The maximum atomic E-state index is 12.2. The SMILES string of the molecule is COc1ccc2c(c1)CCN2C(=O)C1(N)CC1. The van der Waals surface area contributed by atoms with Crippen LogP contribution in [0.2, 0.25) is 0 Å². The van der Waals surface area contributed by atoms with Crippen molar-refractivity contribution in [2.45, 2.75) is 24.8 Å². The summed E-state index contributed by atoms with van der Waals surface area (Å²) in [6.07, 6.45) is 2.51. The standard InChI is InChI=1S/C13H16N2O2/c1-17-10-2-3-11-9(8-10)4-7-15(11)12(16)13(14)5-6-13/h2-3,8H,4-7,14H2,1H3. The smallest absolute Gasteiger partial charge is 0.247 e. The van der Waals surface area contributed by atoms with E-state index < -0.39 is 5.54 Å². The summed E-state index contributed by atoms with van der Waals surface area (Å²) in [4.78, 5) is 14.0. The molecule has 1 aromatic rings. The lowest BCUT2D eigenvalue weighted by Gasteiger charge is -2.21. The summed E-state index contributed by atoms with van der Waals surface area (Å²) in [5.74, 6) is 0.911. The van der Waals surface area contributed by atoms with E-state index in [1.165, 1.54) is 5.56 Å². The number of ether oxygens (including phenoxy) is 1. The van der Waals surface area contributed by atoms with Crippen LogP contribution in [0.3, 0.4) is 0 Å². The number of fused-ring (bicyclic) bond motifs is 1. The minimum atomic E-state index is -0.582. The van der Waals surface area contributed by atoms with Gasteiger partial charge in [0.05, 0.1) is 12.6 Å². The van der Waals surface area contributed by atoms with E-state index in [4.69, 9.17) is 10.5 Å². The highest BCUT2D eigenvalue weighted by atomic mass is 16.5. The molecule has 0 saturated heterocycles. The van der Waals surface area contributed by atoms with Crippen molar-refractivity contribution >= 4 is 11.6 Å². The molecular formula is C13H16N2O2. The first-order chi connectivity index (χ1) is 8.14. The van der Waals surface area contributed by atoms with Crippen LogP contribution in [0.5, 0.6) is 5.75 Å². The van der Waals surface area contributed by atoms with Crippen LogP contribution in [0.25, 0.3) is 0 Å². The minimum absolute atomic E-state index is 0.0708. The molecular weight excluding hydrogens is 216 g/mol. The highest BCUT2D eigenvalue weighted by molar-refractivity contribution is 6.03. The quantitative estimate of drug-likeness (QED) is 0.830. The molecule has 17 heavy (non-hydrogen) atoms. The number of nitrogens with zero attached hydrogens (tertiary/aromatic N) is 1. The molecule has 1 aliphatic carbocycles. The van der Waals surface area contributed by atoms with Crippen LogP contribution in [0, 0.1) is 0 Å². The van der Waals surface area contributed by atoms with Crippen molar-refractivity contribution in [2.24, 2.45) is 5.73 Å². The molecule has 0 radical (unpaired) electrons. The number of amides is 1. The second-order valence-electron chi connectivity index (χ2n) is 4.86. The third-order valence-electron chi connectivity index (χ3n) is 3.64. The molecule has 4 nitrogen and oxygen atoms in total. The third-order valence-corrected chi connectivity index (χ3v) is 3.64. The van der Waals surface area contributed by atoms with Crippen molar-refractivity contribution in [2.75, 3.05) is 18.6 Å². The number of methoxy groups -OCH3 is 1. The number of nitrogens with two attached hydrogens (primary N) is 1. The van der Waals surface area contributed by atoms with Crippen LogP contribution >= 0.6 is 0 Å². The van der Waals surface area contributed by atoms with Crippen LogP contribution in [-0.4, -0.2) is 25.1 Å². The molecule has 0 unspecified atom stereocenters. The lowest BCUT2D eigenvalue weighted by atomic mass is 10.1. The Hall–Kier alpha value is -1.55. The zero-order valence-corrected chi connectivity index (χ0v) is 9.90. The van der Waals surface area contributed by atoms with Gasteiger partial charge in [0.1, 0.15) is 5.75 Å². The lowest BCUT2D eigenvalue weighted by Crippen LogP contribution is -2.45. The molecule has 0 spiro atoms. The fourth-order valence-corrected chi connectivity index (χ4v) is 2.33. The van der Waals surface area contributed by atoms with Gasteiger partial charge in [0, 0.05) is 12.2 Å². The Kier molecular flexibility index (Phi) is 2.16. The molecule has 0 bridgehead atoms. The Balaban J connectivity index is 1.91. The van der Waals surface area contributed by atoms with Crippen LogP contribution in [0.4, 0.5) is 5.69 Å². The monoisotopic (exact) mass is 232 g/mol. The second kappa shape index (κ2) is 3.47. The molecule has 3 rings (SSSR count). The van der Waals surface area contributed by atoms with Gasteiger partial charge in [-0.25, -0.2) is 0 Å². The summed E-state index contributed by atoms with van der Waals surface area (Å²) in [6, 6.07) is 5.84. The van der Waals surface area contributed by atoms with Crippen molar-refractivity contribution in [1.82, 2.24) is 0 Å². The number of benzene rings is 1. The van der Waals surface area contributed by atoms with Crippen molar-refractivity contribution < 1.29 is 9.53 Å². The Morgan fingerprint density at radius 2 is 2.24 bits per heavy atom. The summed E-state index contributed by atoms with van der Waals surface area (Å²) < 4.78 is 5.19. The van der Waals surface area contributed by atoms with E-state index in [2.05, 4.69) is 0 Å². The largest absolute Gasteiger partial charge is 0.497 e. The first-order valence-corrected chi connectivity index (χ1v) is 5.92. The number of hydrogen-bond acceptors (Lipinski definition) is 3. The van der Waals surface area contributed by atoms with Crippen molar-refractivity contribution in [1.29, 1.82) is 0 Å². The van der Waals surface area contributed by atoms with Crippen LogP contribution < -0.4 is 15.4 Å². The molecule has 0 aromatic heterocycles. The fraction of sp³-hybridized carbons (Fsp3) is 0.462. The minimum Gasteiger partial charge on any atom is -0.497 e. The van der Waals surface area contributed by atoms with Gasteiger partial charge in [-0.15, -0.1) is 0 Å². The number of rotatable bonds is 2. The topological polar surface area (TPSA) is 55.6 Å². The van der Waals surface area contributed by atoms with Gasteiger partial charge < -0.3 is 15.4 Å². The van der Waals surface area contributed by atoms with Gasteiger partial charge in [0.2, 0.25) is 5.91 Å². The molecule has 1 amide bonds. The molecule has 4 heteroatoms. The predicted molar refractivity (Wildman–Crippen MR) is 65.2 cm³/mol.